The minimum Gasteiger partial charge on any atom is -0.396 e. The zero-order chi connectivity index (χ0) is 19.6. The van der Waals surface area contributed by atoms with Gasteiger partial charge in [0.05, 0.1) is 0 Å². The predicted octanol–water partition coefficient (Wildman–Crippen LogP) is 3.58. The van der Waals surface area contributed by atoms with E-state index in [1.165, 1.54) is 12.1 Å². The average molecular weight is 506 g/mol. The molecule has 28 heavy (non-hydrogen) atoms. The maximum atomic E-state index is 13.1. The van der Waals surface area contributed by atoms with Crippen molar-refractivity contribution < 1.29 is 9.50 Å². The Morgan fingerprint density at radius 1 is 1.18 bits per heavy atom. The monoisotopic (exact) mass is 506 g/mol. The lowest BCUT2D eigenvalue weighted by Crippen LogP contribution is -2.52. The number of piperazine rings is 1. The standard InChI is InChI=1S/C21H35FN4O.HI/c1-4-23-21(24-16-18(9-14-27)15-17(2)3)26-12-10-25(11-13-26)20-7-5-19(22)6-8-20;/h5-8,17-18,27H,4,9-16H2,1-3H3,(H,23,24);1H. The van der Waals surface area contributed by atoms with Crippen LogP contribution in [-0.2, 0) is 0 Å². The van der Waals surface area contributed by atoms with Gasteiger partial charge in [0.1, 0.15) is 5.82 Å². The number of hydrogen-bond donors (Lipinski definition) is 2. The van der Waals surface area contributed by atoms with E-state index in [1.807, 2.05) is 12.1 Å². The van der Waals surface area contributed by atoms with Crippen LogP contribution < -0.4 is 10.2 Å². The molecule has 1 aliphatic rings. The van der Waals surface area contributed by atoms with Crippen LogP contribution in [0.3, 0.4) is 0 Å². The molecule has 1 aromatic carbocycles. The van der Waals surface area contributed by atoms with Gasteiger partial charge in [0.25, 0.3) is 0 Å². The lowest BCUT2D eigenvalue weighted by atomic mass is 9.94. The normalized spacial score (nSPS) is 16.1. The number of nitrogens with one attached hydrogen (secondary N) is 1. The molecule has 2 rings (SSSR count). The maximum absolute atomic E-state index is 13.1. The summed E-state index contributed by atoms with van der Waals surface area (Å²) in [5, 5.41) is 12.7. The van der Waals surface area contributed by atoms with Crippen molar-refractivity contribution in [1.29, 1.82) is 0 Å². The molecule has 0 spiro atoms. The van der Waals surface area contributed by atoms with Crippen molar-refractivity contribution in [2.75, 3.05) is 50.8 Å². The second kappa shape index (κ2) is 13.2. The first-order chi connectivity index (χ1) is 13.0. The van der Waals surface area contributed by atoms with Gasteiger partial charge in [-0.3, -0.25) is 4.99 Å². The van der Waals surface area contributed by atoms with Crippen molar-refractivity contribution in [3.8, 4) is 0 Å². The zero-order valence-electron chi connectivity index (χ0n) is 17.4. The molecule has 1 heterocycles. The average Bonchev–Trinajstić information content (AvgIpc) is 2.65. The Hall–Kier alpha value is -1.09. The minimum atomic E-state index is -0.196. The molecule has 0 saturated carbocycles. The molecule has 1 aliphatic heterocycles. The van der Waals surface area contributed by atoms with Gasteiger partial charge in [0, 0.05) is 51.6 Å². The predicted molar refractivity (Wildman–Crippen MR) is 126 cm³/mol. The van der Waals surface area contributed by atoms with Gasteiger partial charge >= 0.3 is 0 Å². The van der Waals surface area contributed by atoms with E-state index in [2.05, 4.69) is 35.9 Å². The van der Waals surface area contributed by atoms with Gasteiger partial charge in [0.2, 0.25) is 0 Å². The number of benzene rings is 1. The molecular weight excluding hydrogens is 470 g/mol. The molecule has 1 atom stereocenters. The Morgan fingerprint density at radius 2 is 1.82 bits per heavy atom. The summed E-state index contributed by atoms with van der Waals surface area (Å²) in [4.78, 5) is 9.46. The van der Waals surface area contributed by atoms with E-state index in [1.54, 1.807) is 0 Å². The second-order valence-corrected chi connectivity index (χ2v) is 7.65. The fourth-order valence-electron chi connectivity index (χ4n) is 3.60. The van der Waals surface area contributed by atoms with E-state index in [-0.39, 0.29) is 36.4 Å². The van der Waals surface area contributed by atoms with E-state index in [9.17, 15) is 9.50 Å². The van der Waals surface area contributed by atoms with Crippen LogP contribution in [0.4, 0.5) is 10.1 Å². The fourth-order valence-corrected chi connectivity index (χ4v) is 3.60. The highest BCUT2D eigenvalue weighted by atomic mass is 127. The quantitative estimate of drug-likeness (QED) is 0.322. The summed E-state index contributed by atoms with van der Waals surface area (Å²) in [6.45, 7) is 11.9. The number of rotatable bonds is 8. The number of hydrogen-bond acceptors (Lipinski definition) is 3. The molecule has 2 N–H and O–H groups in total. The third kappa shape index (κ3) is 8.11. The van der Waals surface area contributed by atoms with Gasteiger partial charge < -0.3 is 20.2 Å². The smallest absolute Gasteiger partial charge is 0.194 e. The summed E-state index contributed by atoms with van der Waals surface area (Å²) >= 11 is 0. The van der Waals surface area contributed by atoms with Gasteiger partial charge in [-0.15, -0.1) is 24.0 Å². The van der Waals surface area contributed by atoms with Crippen LogP contribution in [0.1, 0.15) is 33.6 Å². The molecule has 0 aliphatic carbocycles. The van der Waals surface area contributed by atoms with Crippen LogP contribution in [0, 0.1) is 17.7 Å². The lowest BCUT2D eigenvalue weighted by Gasteiger charge is -2.37. The topological polar surface area (TPSA) is 51.1 Å². The number of anilines is 1. The minimum absolute atomic E-state index is 0. The van der Waals surface area contributed by atoms with Crippen LogP contribution >= 0.6 is 24.0 Å². The largest absolute Gasteiger partial charge is 0.396 e. The van der Waals surface area contributed by atoms with E-state index < -0.39 is 0 Å². The molecule has 1 saturated heterocycles. The number of aliphatic imine (C=N–C) groups is 1. The summed E-state index contributed by atoms with van der Waals surface area (Å²) in [6.07, 6.45) is 1.89. The van der Waals surface area contributed by atoms with Crippen molar-refractivity contribution in [3.63, 3.8) is 0 Å². The number of guanidine groups is 1. The maximum Gasteiger partial charge on any atom is 0.194 e. The molecule has 1 fully saturated rings. The molecule has 0 aromatic heterocycles. The van der Waals surface area contributed by atoms with Crippen molar-refractivity contribution in [2.45, 2.75) is 33.6 Å². The van der Waals surface area contributed by atoms with Crippen molar-refractivity contribution in [1.82, 2.24) is 10.2 Å². The van der Waals surface area contributed by atoms with Gasteiger partial charge in [-0.05, 0) is 55.9 Å². The Labute approximate surface area is 186 Å². The van der Waals surface area contributed by atoms with Crippen LogP contribution in [-0.4, -0.2) is 61.8 Å². The van der Waals surface area contributed by atoms with E-state index in [4.69, 9.17) is 4.99 Å². The summed E-state index contributed by atoms with van der Waals surface area (Å²) in [6, 6.07) is 6.72. The van der Waals surface area contributed by atoms with E-state index >= 15 is 0 Å². The van der Waals surface area contributed by atoms with Gasteiger partial charge in [-0.1, -0.05) is 13.8 Å². The molecule has 5 nitrogen and oxygen atoms in total. The van der Waals surface area contributed by atoms with Crippen molar-refractivity contribution in [3.05, 3.63) is 30.1 Å². The van der Waals surface area contributed by atoms with Gasteiger partial charge in [0.15, 0.2) is 5.96 Å². The third-order valence-electron chi connectivity index (χ3n) is 4.95. The van der Waals surface area contributed by atoms with Crippen LogP contribution in [0.2, 0.25) is 0 Å². The Morgan fingerprint density at radius 3 is 2.36 bits per heavy atom. The van der Waals surface area contributed by atoms with Crippen LogP contribution in [0.15, 0.2) is 29.3 Å². The summed E-state index contributed by atoms with van der Waals surface area (Å²) < 4.78 is 13.1. The Balaban J connectivity index is 0.00000392. The molecule has 0 bridgehead atoms. The number of aliphatic hydroxyl groups is 1. The highest BCUT2D eigenvalue weighted by Gasteiger charge is 2.20. The summed E-state index contributed by atoms with van der Waals surface area (Å²) in [5.41, 5.74) is 1.07. The summed E-state index contributed by atoms with van der Waals surface area (Å²) in [5.74, 6) is 1.79. The molecule has 160 valence electrons. The van der Waals surface area contributed by atoms with Gasteiger partial charge in [-0.25, -0.2) is 4.39 Å². The second-order valence-electron chi connectivity index (χ2n) is 7.65. The molecule has 1 aromatic rings. The number of halogens is 2. The number of nitrogens with zero attached hydrogens (tertiary/aromatic N) is 3. The highest BCUT2D eigenvalue weighted by molar-refractivity contribution is 14.0. The molecular formula is C21H36FIN4O. The van der Waals surface area contributed by atoms with E-state index in [0.717, 1.165) is 63.8 Å². The lowest BCUT2D eigenvalue weighted by molar-refractivity contribution is 0.245. The fraction of sp³-hybridized carbons (Fsp3) is 0.667. The molecule has 0 amide bonds. The van der Waals surface area contributed by atoms with Crippen LogP contribution in [0.5, 0.6) is 0 Å². The third-order valence-corrected chi connectivity index (χ3v) is 4.95. The van der Waals surface area contributed by atoms with Crippen LogP contribution in [0.25, 0.3) is 0 Å². The number of aliphatic hydroxyl groups excluding tert-OH is 1. The van der Waals surface area contributed by atoms with Crippen molar-refractivity contribution >= 4 is 35.6 Å². The first kappa shape index (κ1) is 24.9. The van der Waals surface area contributed by atoms with E-state index in [0.29, 0.717) is 11.8 Å². The van der Waals surface area contributed by atoms with Gasteiger partial charge in [-0.2, -0.15) is 0 Å². The molecule has 7 heteroatoms. The first-order valence-electron chi connectivity index (χ1n) is 10.2. The highest BCUT2D eigenvalue weighted by Crippen LogP contribution is 2.18. The van der Waals surface area contributed by atoms with Crippen molar-refractivity contribution in [2.24, 2.45) is 16.8 Å². The first-order valence-corrected chi connectivity index (χ1v) is 10.2. The molecule has 0 radical (unpaired) electrons. The SMILES string of the molecule is CCNC(=NCC(CCO)CC(C)C)N1CCN(c2ccc(F)cc2)CC1.I. The Bertz CT molecular complexity index is 574. The Kier molecular flexibility index (Phi) is 11.8. The summed E-state index contributed by atoms with van der Waals surface area (Å²) in [7, 11) is 0. The zero-order valence-corrected chi connectivity index (χ0v) is 19.7. The molecule has 1 unspecified atom stereocenters.